The molecule has 1 unspecified atom stereocenters. The van der Waals surface area contributed by atoms with E-state index in [2.05, 4.69) is 25.0 Å². The molecule has 11 heteroatoms. The maximum atomic E-state index is 14.1. The number of aromatic nitrogens is 5. The van der Waals surface area contributed by atoms with Crippen LogP contribution in [0.25, 0.3) is 27.9 Å². The number of amides is 1. The maximum Gasteiger partial charge on any atom is 0.254 e. The van der Waals surface area contributed by atoms with Crippen LogP contribution < -0.4 is 11.1 Å². The zero-order valence-electron chi connectivity index (χ0n) is 20.0. The lowest BCUT2D eigenvalue weighted by molar-refractivity contribution is 0.0706. The van der Waals surface area contributed by atoms with Crippen molar-refractivity contribution in [3.63, 3.8) is 0 Å². The first-order chi connectivity index (χ1) is 16.8. The molecule has 1 amide bonds. The molecule has 35 heavy (non-hydrogen) atoms. The van der Waals surface area contributed by atoms with Crippen LogP contribution in [-0.4, -0.2) is 61.5 Å². The van der Waals surface area contributed by atoms with E-state index in [4.69, 9.17) is 15.6 Å². The quantitative estimate of drug-likeness (QED) is 0.397. The van der Waals surface area contributed by atoms with Crippen molar-refractivity contribution in [2.24, 2.45) is 5.73 Å². The molecule has 1 fully saturated rings. The van der Waals surface area contributed by atoms with E-state index in [0.29, 0.717) is 41.4 Å². The molecule has 0 radical (unpaired) electrons. The minimum absolute atomic E-state index is 0.116. The highest BCUT2D eigenvalue weighted by atomic mass is 19.1. The number of nitrogens with one attached hydrogen (secondary N) is 1. The van der Waals surface area contributed by atoms with E-state index >= 15 is 0 Å². The van der Waals surface area contributed by atoms with Gasteiger partial charge in [0.1, 0.15) is 22.8 Å². The topological polar surface area (TPSA) is 133 Å². The zero-order chi connectivity index (χ0) is 25.1. The summed E-state index contributed by atoms with van der Waals surface area (Å²) in [5.41, 5.74) is 8.01. The monoisotopic (exact) mass is 483 g/mol. The van der Waals surface area contributed by atoms with Crippen molar-refractivity contribution < 1.29 is 19.0 Å². The molecule has 1 saturated heterocycles. The minimum atomic E-state index is -0.617. The number of aliphatic hydroxyl groups excluding tert-OH is 1. The van der Waals surface area contributed by atoms with Gasteiger partial charge in [-0.05, 0) is 32.3 Å². The number of anilines is 1. The van der Waals surface area contributed by atoms with Gasteiger partial charge in [0.15, 0.2) is 5.65 Å². The smallest absolute Gasteiger partial charge is 0.254 e. The van der Waals surface area contributed by atoms with Crippen molar-refractivity contribution in [3.8, 4) is 11.3 Å². The Hall–Kier alpha value is -3.57. The number of primary amides is 1. The molecule has 1 aliphatic rings. The van der Waals surface area contributed by atoms with Gasteiger partial charge in [-0.25, -0.2) is 14.4 Å². The molecule has 0 spiro atoms. The van der Waals surface area contributed by atoms with Crippen molar-refractivity contribution in [1.82, 2.24) is 24.1 Å². The molecule has 186 valence electrons. The molecule has 0 saturated carbocycles. The number of ether oxygens (including phenoxy) is 1. The molecular weight excluding hydrogens is 453 g/mol. The van der Waals surface area contributed by atoms with Crippen LogP contribution in [0.15, 0.2) is 30.7 Å². The van der Waals surface area contributed by atoms with Crippen molar-refractivity contribution in [3.05, 3.63) is 42.1 Å². The second-order valence-corrected chi connectivity index (χ2v) is 8.51. The standard InChI is InChI=1S/C20H20FN7O2.C4H10O/c1-23-17-7-16(26-20-14(18(22)29)9-25-28(17)20)15-10-27(12-2-4-30-5-3-12)19-13(15)6-11(21)8-24-19;1-3-4(2)5/h6-10,12,23H,2-5H2,1H3,(H2,22,29);4-5H,3H2,1-2H3. The van der Waals surface area contributed by atoms with Crippen LogP contribution in [0.3, 0.4) is 0 Å². The number of nitrogens with zero attached hydrogens (tertiary/aromatic N) is 5. The largest absolute Gasteiger partial charge is 0.393 e. The van der Waals surface area contributed by atoms with Crippen LogP contribution in [0.5, 0.6) is 0 Å². The summed E-state index contributed by atoms with van der Waals surface area (Å²) in [6.07, 6.45) is 7.01. The summed E-state index contributed by atoms with van der Waals surface area (Å²) < 4.78 is 23.2. The lowest BCUT2D eigenvalue weighted by atomic mass is 10.1. The Balaban J connectivity index is 0.000000527. The average molecular weight is 484 g/mol. The van der Waals surface area contributed by atoms with Gasteiger partial charge < -0.3 is 25.5 Å². The van der Waals surface area contributed by atoms with E-state index in [9.17, 15) is 9.18 Å². The molecule has 1 atom stereocenters. The fourth-order valence-corrected chi connectivity index (χ4v) is 4.00. The summed E-state index contributed by atoms with van der Waals surface area (Å²) in [4.78, 5) is 20.8. The number of aliphatic hydroxyl groups is 1. The summed E-state index contributed by atoms with van der Waals surface area (Å²) >= 11 is 0. The maximum absolute atomic E-state index is 14.1. The normalized spacial score (nSPS) is 15.1. The van der Waals surface area contributed by atoms with Gasteiger partial charge in [0.25, 0.3) is 5.91 Å². The van der Waals surface area contributed by atoms with Gasteiger partial charge >= 0.3 is 0 Å². The first-order valence-electron chi connectivity index (χ1n) is 11.6. The number of carbonyl (C=O) groups excluding carboxylic acids is 1. The Morgan fingerprint density at radius 2 is 2.03 bits per heavy atom. The fraction of sp³-hybridized carbons (Fsp3) is 0.417. The number of halogens is 1. The Bertz CT molecular complexity index is 1340. The second-order valence-electron chi connectivity index (χ2n) is 8.51. The Kier molecular flexibility index (Phi) is 7.27. The molecular formula is C24H30FN7O3. The fourth-order valence-electron chi connectivity index (χ4n) is 4.00. The summed E-state index contributed by atoms with van der Waals surface area (Å²) in [5, 5.41) is 16.3. The summed E-state index contributed by atoms with van der Waals surface area (Å²) in [7, 11) is 1.75. The Morgan fingerprint density at radius 1 is 1.31 bits per heavy atom. The lowest BCUT2D eigenvalue weighted by Crippen LogP contribution is -2.19. The van der Waals surface area contributed by atoms with E-state index in [-0.39, 0.29) is 17.7 Å². The summed E-state index contributed by atoms with van der Waals surface area (Å²) in [6, 6.07) is 3.47. The highest BCUT2D eigenvalue weighted by Crippen LogP contribution is 2.35. The molecule has 4 N–H and O–H groups in total. The average Bonchev–Trinajstić information content (AvgIpc) is 3.46. The molecule has 4 aromatic rings. The van der Waals surface area contributed by atoms with Crippen molar-refractivity contribution >= 4 is 28.4 Å². The third-order valence-electron chi connectivity index (χ3n) is 6.08. The van der Waals surface area contributed by atoms with Gasteiger partial charge in [-0.15, -0.1) is 0 Å². The first-order valence-corrected chi connectivity index (χ1v) is 11.6. The van der Waals surface area contributed by atoms with Gasteiger partial charge in [0, 0.05) is 49.5 Å². The van der Waals surface area contributed by atoms with E-state index < -0.39 is 11.7 Å². The third-order valence-corrected chi connectivity index (χ3v) is 6.08. The minimum Gasteiger partial charge on any atom is -0.393 e. The van der Waals surface area contributed by atoms with Gasteiger partial charge in [-0.3, -0.25) is 4.79 Å². The van der Waals surface area contributed by atoms with E-state index in [1.54, 1.807) is 20.0 Å². The third kappa shape index (κ3) is 4.96. The number of nitrogens with two attached hydrogens (primary N) is 1. The van der Waals surface area contributed by atoms with Gasteiger partial charge in [0.2, 0.25) is 0 Å². The molecule has 0 aliphatic carbocycles. The van der Waals surface area contributed by atoms with E-state index in [0.717, 1.165) is 24.8 Å². The SMILES string of the molecule is CCC(C)O.CNc1cc(-c2cn(C3CCOCC3)c3ncc(F)cc23)nc2c(C(N)=O)cnn12. The summed E-state index contributed by atoms with van der Waals surface area (Å²) in [6.45, 7) is 5.07. The lowest BCUT2D eigenvalue weighted by Gasteiger charge is -2.24. The molecule has 4 aromatic heterocycles. The van der Waals surface area contributed by atoms with Gasteiger partial charge in [0.05, 0.1) is 24.2 Å². The highest BCUT2D eigenvalue weighted by Gasteiger charge is 2.23. The van der Waals surface area contributed by atoms with Gasteiger partial charge in [-0.1, -0.05) is 6.92 Å². The van der Waals surface area contributed by atoms with E-state index in [1.807, 2.05) is 13.1 Å². The number of rotatable bonds is 5. The first kappa shape index (κ1) is 24.6. The molecule has 10 nitrogen and oxygen atoms in total. The molecule has 0 bridgehead atoms. The number of carbonyl (C=O) groups is 1. The number of hydrogen-bond acceptors (Lipinski definition) is 7. The van der Waals surface area contributed by atoms with Crippen LogP contribution in [-0.2, 0) is 4.74 Å². The predicted octanol–water partition coefficient (Wildman–Crippen LogP) is 3.15. The van der Waals surface area contributed by atoms with Crippen LogP contribution in [0, 0.1) is 5.82 Å². The predicted molar refractivity (Wildman–Crippen MR) is 131 cm³/mol. The molecule has 5 rings (SSSR count). The summed E-state index contributed by atoms with van der Waals surface area (Å²) in [5.74, 6) is -0.418. The Labute approximate surface area is 201 Å². The highest BCUT2D eigenvalue weighted by molar-refractivity contribution is 6.00. The van der Waals surface area contributed by atoms with E-state index in [1.165, 1.54) is 23.0 Å². The molecule has 0 aromatic carbocycles. The van der Waals surface area contributed by atoms with Gasteiger partial charge in [-0.2, -0.15) is 9.61 Å². The van der Waals surface area contributed by atoms with Crippen LogP contribution in [0.1, 0.15) is 49.5 Å². The van der Waals surface area contributed by atoms with Crippen molar-refractivity contribution in [2.75, 3.05) is 25.6 Å². The van der Waals surface area contributed by atoms with Crippen LogP contribution in [0.4, 0.5) is 10.2 Å². The van der Waals surface area contributed by atoms with Crippen molar-refractivity contribution in [1.29, 1.82) is 0 Å². The Morgan fingerprint density at radius 3 is 2.66 bits per heavy atom. The zero-order valence-corrected chi connectivity index (χ0v) is 20.0. The number of pyridine rings is 1. The molecule has 5 heterocycles. The number of fused-ring (bicyclic) bond motifs is 2. The number of hydrogen-bond donors (Lipinski definition) is 3. The van der Waals surface area contributed by atoms with Crippen LogP contribution in [0.2, 0.25) is 0 Å². The molecule has 1 aliphatic heterocycles. The second kappa shape index (κ2) is 10.4. The van der Waals surface area contributed by atoms with Crippen molar-refractivity contribution in [2.45, 2.75) is 45.3 Å². The van der Waals surface area contributed by atoms with Crippen LogP contribution >= 0.6 is 0 Å².